The van der Waals surface area contributed by atoms with Crippen molar-refractivity contribution in [2.45, 2.75) is 9.79 Å². The average Bonchev–Trinajstić information content (AvgIpc) is 2.93. The van der Waals surface area contributed by atoms with Gasteiger partial charge in [0.25, 0.3) is 0 Å². The maximum atomic E-state index is 12.4. The quantitative estimate of drug-likeness (QED) is 0.204. The van der Waals surface area contributed by atoms with Crippen molar-refractivity contribution in [3.05, 3.63) is 129 Å². The Kier molecular flexibility index (Phi) is 7.80. The van der Waals surface area contributed by atoms with Gasteiger partial charge in [-0.3, -0.25) is 19.2 Å². The smallest absolute Gasteiger partial charge is 0.744 e. The van der Waals surface area contributed by atoms with E-state index in [1.54, 1.807) is 24.3 Å². The van der Waals surface area contributed by atoms with Gasteiger partial charge in [0.15, 0.2) is 23.1 Å². The van der Waals surface area contributed by atoms with Crippen LogP contribution in [0.25, 0.3) is 0 Å². The maximum absolute atomic E-state index is 12.4. The summed E-state index contributed by atoms with van der Waals surface area (Å²) in [6.07, 6.45) is 0. The van der Waals surface area contributed by atoms with E-state index in [9.17, 15) is 45.1 Å². The molecule has 206 valence electrons. The first-order valence-corrected chi connectivity index (χ1v) is 14.2. The third-order valence-electron chi connectivity index (χ3n) is 6.37. The number of hydrogen-bond acceptors (Lipinski definition) is 10. The standard InChI is InChI=1S/2C14H8O5S.Fe/c2*15-13-8-4-1-2-5-9(8)14(16)12-10(13)6-3-7-11(12)20(17,18)19;/h2*1-7H,(H,17,18,19);/q;;+2/p-2. The van der Waals surface area contributed by atoms with Crippen LogP contribution in [-0.4, -0.2) is 49.1 Å². The van der Waals surface area contributed by atoms with Gasteiger partial charge in [0.2, 0.25) is 0 Å². The van der Waals surface area contributed by atoms with Gasteiger partial charge in [-0.05, 0) is 12.1 Å². The molecule has 0 N–H and O–H groups in total. The van der Waals surface area contributed by atoms with Crippen molar-refractivity contribution in [2.75, 3.05) is 0 Å². The first-order valence-electron chi connectivity index (χ1n) is 11.4. The molecule has 0 aliphatic heterocycles. The van der Waals surface area contributed by atoms with Crippen molar-refractivity contribution in [1.82, 2.24) is 0 Å². The van der Waals surface area contributed by atoms with Gasteiger partial charge in [-0.2, -0.15) is 0 Å². The van der Waals surface area contributed by atoms with Gasteiger partial charge < -0.3 is 9.11 Å². The van der Waals surface area contributed by atoms with E-state index in [0.29, 0.717) is 0 Å². The maximum Gasteiger partial charge on any atom is 2.00 e. The van der Waals surface area contributed by atoms with E-state index in [1.807, 2.05) is 0 Å². The van der Waals surface area contributed by atoms with Gasteiger partial charge in [0, 0.05) is 33.4 Å². The molecule has 0 fully saturated rings. The molecule has 2 aliphatic carbocycles. The van der Waals surface area contributed by atoms with Crippen molar-refractivity contribution in [1.29, 1.82) is 0 Å². The monoisotopic (exact) mass is 630 g/mol. The third-order valence-corrected chi connectivity index (χ3v) is 8.12. The Morgan fingerprint density at radius 2 is 0.659 bits per heavy atom. The van der Waals surface area contributed by atoms with Crippen molar-refractivity contribution in [3.8, 4) is 0 Å². The summed E-state index contributed by atoms with van der Waals surface area (Å²) in [6.45, 7) is 0. The zero-order chi connectivity index (χ0) is 29.0. The minimum atomic E-state index is -4.83. The van der Waals surface area contributed by atoms with Gasteiger partial charge >= 0.3 is 17.1 Å². The molecule has 2 aliphatic rings. The number of carbonyl (C=O) groups excluding carboxylic acids is 4. The number of fused-ring (bicyclic) bond motifs is 4. The zero-order valence-corrected chi connectivity index (χ0v) is 23.1. The van der Waals surface area contributed by atoms with Crippen LogP contribution in [0, 0.1) is 0 Å². The minimum Gasteiger partial charge on any atom is -0.744 e. The van der Waals surface area contributed by atoms with Gasteiger partial charge in [0.05, 0.1) is 20.9 Å². The van der Waals surface area contributed by atoms with Gasteiger partial charge in [0.1, 0.15) is 20.2 Å². The van der Waals surface area contributed by atoms with E-state index in [4.69, 9.17) is 0 Å². The van der Waals surface area contributed by atoms with Crippen LogP contribution in [0.5, 0.6) is 0 Å². The summed E-state index contributed by atoms with van der Waals surface area (Å²) in [5.41, 5.74) is -0.105. The summed E-state index contributed by atoms with van der Waals surface area (Å²) in [5.74, 6) is -2.16. The molecule has 0 amide bonds. The Balaban J connectivity index is 0.000000184. The Morgan fingerprint density at radius 3 is 0.951 bits per heavy atom. The van der Waals surface area contributed by atoms with Crippen LogP contribution >= 0.6 is 0 Å². The molecule has 0 radical (unpaired) electrons. The van der Waals surface area contributed by atoms with Crippen molar-refractivity contribution in [2.24, 2.45) is 0 Å². The van der Waals surface area contributed by atoms with Crippen LogP contribution in [0.3, 0.4) is 0 Å². The SMILES string of the molecule is O=C1c2ccccc2C(=O)c2c1cccc2S(=O)(=O)[O-].O=C1c2ccccc2C(=O)c2c1cccc2S(=O)(=O)[O-].[Fe+2]. The summed E-state index contributed by atoms with van der Waals surface area (Å²) in [7, 11) is -9.65. The molecular weight excluding hydrogens is 616 g/mol. The molecule has 0 saturated heterocycles. The van der Waals surface area contributed by atoms with Crippen LogP contribution in [0.2, 0.25) is 0 Å². The molecule has 41 heavy (non-hydrogen) atoms. The Morgan fingerprint density at radius 1 is 0.390 bits per heavy atom. The molecule has 0 saturated carbocycles. The second-order valence-electron chi connectivity index (χ2n) is 8.67. The Bertz CT molecular complexity index is 1880. The summed E-state index contributed by atoms with van der Waals surface area (Å²) in [4.78, 5) is 48.0. The van der Waals surface area contributed by atoms with Crippen LogP contribution in [0.1, 0.15) is 63.7 Å². The molecule has 0 aromatic heterocycles. The molecule has 0 heterocycles. The van der Waals surface area contributed by atoms with E-state index < -0.39 is 53.2 Å². The number of benzene rings is 4. The molecular formula is C28H14FeO10S2. The Labute approximate surface area is 244 Å². The van der Waals surface area contributed by atoms with Gasteiger partial charge in [-0.1, -0.05) is 72.8 Å². The average molecular weight is 630 g/mol. The molecule has 6 rings (SSSR count). The topological polar surface area (TPSA) is 183 Å². The van der Waals surface area contributed by atoms with Crippen molar-refractivity contribution in [3.63, 3.8) is 0 Å². The summed E-state index contributed by atoms with van der Waals surface area (Å²) in [5, 5.41) is 0. The normalized spacial score (nSPS) is 13.5. The van der Waals surface area contributed by atoms with Crippen LogP contribution in [-0.2, 0) is 37.3 Å². The van der Waals surface area contributed by atoms with Crippen molar-refractivity contribution < 1.29 is 62.2 Å². The molecule has 13 heteroatoms. The zero-order valence-electron chi connectivity index (χ0n) is 20.3. The molecule has 4 aromatic carbocycles. The largest absolute Gasteiger partial charge is 2.00 e. The molecule has 0 bridgehead atoms. The van der Waals surface area contributed by atoms with Gasteiger partial charge in [-0.15, -0.1) is 0 Å². The molecule has 0 unspecified atom stereocenters. The van der Waals surface area contributed by atoms with E-state index >= 15 is 0 Å². The van der Waals surface area contributed by atoms with E-state index in [2.05, 4.69) is 0 Å². The fourth-order valence-electron chi connectivity index (χ4n) is 4.64. The van der Waals surface area contributed by atoms with Crippen LogP contribution < -0.4 is 0 Å². The summed E-state index contributed by atoms with van der Waals surface area (Å²) >= 11 is 0. The molecule has 0 atom stereocenters. The third kappa shape index (κ3) is 5.10. The fourth-order valence-corrected chi connectivity index (χ4v) is 6.04. The minimum absolute atomic E-state index is 0. The van der Waals surface area contributed by atoms with Crippen LogP contribution in [0.15, 0.2) is 94.7 Å². The first-order chi connectivity index (χ1) is 18.8. The second-order valence-corrected chi connectivity index (χ2v) is 11.4. The molecule has 10 nitrogen and oxygen atoms in total. The summed E-state index contributed by atoms with van der Waals surface area (Å²) in [6, 6.07) is 19.6. The number of hydrogen-bond donors (Lipinski definition) is 0. The van der Waals surface area contributed by atoms with E-state index in [-0.39, 0.29) is 61.6 Å². The van der Waals surface area contributed by atoms with Crippen molar-refractivity contribution >= 4 is 43.4 Å². The first kappa shape index (κ1) is 29.9. The second kappa shape index (κ2) is 10.7. The fraction of sp³-hybridized carbons (Fsp3) is 0. The number of rotatable bonds is 2. The number of carbonyl (C=O) groups is 4. The van der Waals surface area contributed by atoms with Crippen LogP contribution in [0.4, 0.5) is 0 Å². The molecule has 0 spiro atoms. The molecule has 4 aromatic rings. The predicted molar refractivity (Wildman–Crippen MR) is 135 cm³/mol. The van der Waals surface area contributed by atoms with E-state index in [1.165, 1.54) is 48.5 Å². The Hall–Kier alpha value is -4.10. The van der Waals surface area contributed by atoms with E-state index in [0.717, 1.165) is 12.1 Å². The predicted octanol–water partition coefficient (Wildman–Crippen LogP) is 2.73. The summed E-state index contributed by atoms with van der Waals surface area (Å²) < 4.78 is 67.5. The van der Waals surface area contributed by atoms with Gasteiger partial charge in [-0.25, -0.2) is 16.8 Å². The number of ketones is 4.